The highest BCUT2D eigenvalue weighted by Gasteiger charge is 2.02. The standard InChI is InChI=1S/C6H5.2CH3.Al.H2O/c1-2-4-6-5-3-1;;;;/h1-5H;2*1H3;;1H2. The fraction of sp³-hybridized carbons (Fsp3) is 0.250. The van der Waals surface area contributed by atoms with E-state index in [1.807, 2.05) is 0 Å². The summed E-state index contributed by atoms with van der Waals surface area (Å²) in [4.78, 5) is 0. The summed E-state index contributed by atoms with van der Waals surface area (Å²) < 4.78 is 1.55. The summed E-state index contributed by atoms with van der Waals surface area (Å²) >= 11 is -0.529. The molecule has 54 valence electrons. The predicted molar refractivity (Wildman–Crippen MR) is 47.2 cm³/mol. The summed E-state index contributed by atoms with van der Waals surface area (Å²) in [6.07, 6.45) is 0. The third-order valence-corrected chi connectivity index (χ3v) is 3.18. The first-order valence-corrected chi connectivity index (χ1v) is 6.24. The fourth-order valence-electron chi connectivity index (χ4n) is 0.838. The van der Waals surface area contributed by atoms with Crippen LogP contribution in [0.1, 0.15) is 0 Å². The van der Waals surface area contributed by atoms with E-state index in [-0.39, 0.29) is 5.48 Å². The van der Waals surface area contributed by atoms with Gasteiger partial charge in [0, 0.05) is 0 Å². The van der Waals surface area contributed by atoms with Gasteiger partial charge in [-0.1, -0.05) is 30.3 Å². The Hall–Kier alpha value is -0.288. The zero-order valence-electron chi connectivity index (χ0n) is 6.46. The van der Waals surface area contributed by atoms with Crippen molar-refractivity contribution in [1.29, 1.82) is 0 Å². The van der Waals surface area contributed by atoms with Gasteiger partial charge in [0.2, 0.25) is 0 Å². The van der Waals surface area contributed by atoms with E-state index in [1.54, 1.807) is 4.43 Å². The average molecular weight is 152 g/mol. The molecule has 0 spiro atoms. The topological polar surface area (TPSA) is 31.5 Å². The molecule has 0 saturated carbocycles. The molecule has 1 aromatic carbocycles. The molecule has 0 aliphatic carbocycles. The van der Waals surface area contributed by atoms with E-state index in [0.29, 0.717) is 0 Å². The molecule has 1 rings (SSSR count). The average Bonchev–Trinajstić information content (AvgIpc) is 1.90. The second-order valence-corrected chi connectivity index (χ2v) is 5.54. The number of hydrogen-bond acceptors (Lipinski definition) is 0. The van der Waals surface area contributed by atoms with Gasteiger partial charge in [-0.25, -0.2) is 0 Å². The van der Waals surface area contributed by atoms with Gasteiger partial charge in [-0.3, -0.25) is 0 Å². The summed E-state index contributed by atoms with van der Waals surface area (Å²) in [5, 5.41) is 0. The molecule has 2 N–H and O–H groups in total. The van der Waals surface area contributed by atoms with Crippen molar-refractivity contribution >= 4 is 18.6 Å². The molecule has 1 nitrogen and oxygen atoms in total. The van der Waals surface area contributed by atoms with Crippen LogP contribution in [-0.4, -0.2) is 19.6 Å². The van der Waals surface area contributed by atoms with Crippen LogP contribution in [0, 0.1) is 0 Å². The van der Waals surface area contributed by atoms with Gasteiger partial charge in [0.05, 0.1) is 0 Å². The lowest BCUT2D eigenvalue weighted by molar-refractivity contribution is 0.824. The largest absolute Gasteiger partial charge is 0.412 e. The second kappa shape index (κ2) is 4.52. The van der Waals surface area contributed by atoms with Gasteiger partial charge >= 0.3 is 0 Å². The normalized spacial score (nSPS) is 8.20. The molecule has 0 aromatic heterocycles. The second-order valence-electron chi connectivity index (χ2n) is 2.57. The molecule has 0 atom stereocenters. The third kappa shape index (κ3) is 2.53. The Balaban J connectivity index is 0.000000810. The lowest BCUT2D eigenvalue weighted by atomic mass is 10.4. The summed E-state index contributed by atoms with van der Waals surface area (Å²) in [5.41, 5.74) is 0. The van der Waals surface area contributed by atoms with Gasteiger partial charge in [0.15, 0.2) is 0 Å². The first-order valence-electron chi connectivity index (χ1n) is 3.35. The predicted octanol–water partition coefficient (Wildman–Crippen LogP) is 0.823. The van der Waals surface area contributed by atoms with E-state index in [2.05, 4.69) is 41.9 Å². The monoisotopic (exact) mass is 152 g/mol. The summed E-state index contributed by atoms with van der Waals surface area (Å²) in [6.45, 7) is 0. The van der Waals surface area contributed by atoms with Gasteiger partial charge in [-0.2, -0.15) is 0 Å². The minimum atomic E-state index is -0.529. The molecule has 0 radical (unpaired) electrons. The lowest BCUT2D eigenvalue weighted by Crippen LogP contribution is -2.21. The molecule has 1 aromatic rings. The van der Waals surface area contributed by atoms with Crippen LogP contribution in [0.3, 0.4) is 0 Å². The molecule has 0 bridgehead atoms. The smallest absolute Gasteiger partial charge is 0.299 e. The van der Waals surface area contributed by atoms with Crippen LogP contribution in [-0.2, 0) is 0 Å². The van der Waals surface area contributed by atoms with Gasteiger partial charge < -0.3 is 5.48 Å². The number of benzene rings is 1. The quantitative estimate of drug-likeness (QED) is 0.534. The molecule has 0 aliphatic heterocycles. The maximum absolute atomic E-state index is 2.34. The van der Waals surface area contributed by atoms with E-state index >= 15 is 0 Å². The number of rotatable bonds is 1. The highest BCUT2D eigenvalue weighted by molar-refractivity contribution is 6.70. The minimum Gasteiger partial charge on any atom is -0.412 e. The summed E-state index contributed by atoms with van der Waals surface area (Å²) in [6, 6.07) is 10.7. The van der Waals surface area contributed by atoms with Gasteiger partial charge in [0.1, 0.15) is 0 Å². The molecule has 0 amide bonds. The molecule has 0 heterocycles. The van der Waals surface area contributed by atoms with Crippen LogP contribution in [0.4, 0.5) is 0 Å². The Kier molecular flexibility index (Phi) is 4.39. The van der Waals surface area contributed by atoms with E-state index in [9.17, 15) is 0 Å². The lowest BCUT2D eigenvalue weighted by Gasteiger charge is -1.96. The molecule has 0 fully saturated rings. The maximum Gasteiger partial charge on any atom is 0.299 e. The zero-order valence-corrected chi connectivity index (χ0v) is 7.62. The summed E-state index contributed by atoms with van der Waals surface area (Å²) in [7, 11) is 0. The molecule has 0 saturated heterocycles. The van der Waals surface area contributed by atoms with Crippen LogP contribution >= 0.6 is 0 Å². The van der Waals surface area contributed by atoms with Crippen molar-refractivity contribution < 1.29 is 5.48 Å². The Bertz CT molecular complexity index is 172. The van der Waals surface area contributed by atoms with Crippen molar-refractivity contribution in [3.05, 3.63) is 30.3 Å². The Morgan fingerprint density at radius 3 is 1.80 bits per heavy atom. The van der Waals surface area contributed by atoms with Crippen LogP contribution in [0.15, 0.2) is 30.3 Å². The molecular weight excluding hydrogens is 139 g/mol. The zero-order chi connectivity index (χ0) is 6.69. The Morgan fingerprint density at radius 2 is 1.50 bits per heavy atom. The van der Waals surface area contributed by atoms with Gasteiger partial charge in [0.25, 0.3) is 14.1 Å². The number of hydrogen-bond donors (Lipinski definition) is 0. The SMILES string of the molecule is O.[CH3][Al]([CH3])[c]1ccccc1. The first kappa shape index (κ1) is 9.71. The third-order valence-electron chi connectivity index (χ3n) is 1.47. The van der Waals surface area contributed by atoms with Crippen molar-refractivity contribution in [3.63, 3.8) is 0 Å². The Labute approximate surface area is 66.4 Å². The van der Waals surface area contributed by atoms with E-state index in [0.717, 1.165) is 0 Å². The van der Waals surface area contributed by atoms with Crippen molar-refractivity contribution in [2.24, 2.45) is 0 Å². The first-order chi connectivity index (χ1) is 4.30. The van der Waals surface area contributed by atoms with Crippen LogP contribution < -0.4 is 4.43 Å². The maximum atomic E-state index is 2.34. The molecule has 0 aliphatic rings. The molecular formula is C8H13AlO. The van der Waals surface area contributed by atoms with Crippen LogP contribution in [0.5, 0.6) is 0 Å². The minimum absolute atomic E-state index is 0. The highest BCUT2D eigenvalue weighted by Crippen LogP contribution is 1.85. The van der Waals surface area contributed by atoms with Gasteiger partial charge in [-0.15, -0.1) is 16.0 Å². The van der Waals surface area contributed by atoms with Crippen molar-refractivity contribution in [3.8, 4) is 0 Å². The molecule has 2 heteroatoms. The van der Waals surface area contributed by atoms with Crippen molar-refractivity contribution in [1.82, 2.24) is 0 Å². The van der Waals surface area contributed by atoms with Crippen LogP contribution in [0.25, 0.3) is 0 Å². The van der Waals surface area contributed by atoms with E-state index < -0.39 is 14.1 Å². The van der Waals surface area contributed by atoms with Crippen LogP contribution in [0.2, 0.25) is 11.6 Å². The fourth-order valence-corrected chi connectivity index (χ4v) is 1.83. The van der Waals surface area contributed by atoms with Crippen molar-refractivity contribution in [2.75, 3.05) is 0 Å². The van der Waals surface area contributed by atoms with E-state index in [4.69, 9.17) is 0 Å². The van der Waals surface area contributed by atoms with Gasteiger partial charge in [-0.05, 0) is 0 Å². The van der Waals surface area contributed by atoms with E-state index in [1.165, 1.54) is 0 Å². The Morgan fingerprint density at radius 1 is 1.00 bits per heavy atom. The summed E-state index contributed by atoms with van der Waals surface area (Å²) in [5.74, 6) is 4.69. The molecule has 0 unspecified atom stereocenters. The highest BCUT2D eigenvalue weighted by atomic mass is 27.2. The van der Waals surface area contributed by atoms with Crippen molar-refractivity contribution in [2.45, 2.75) is 11.6 Å². The molecule has 10 heavy (non-hydrogen) atoms.